The number of rotatable bonds is 3. The van der Waals surface area contributed by atoms with Crippen molar-refractivity contribution in [3.8, 4) is 5.75 Å². The minimum atomic E-state index is -0.418. The van der Waals surface area contributed by atoms with Crippen LogP contribution in [0.25, 0.3) is 5.57 Å². The highest BCUT2D eigenvalue weighted by molar-refractivity contribution is 6.45. The molecule has 0 atom stereocenters. The van der Waals surface area contributed by atoms with E-state index in [1.165, 1.54) is 13.2 Å². The zero-order valence-corrected chi connectivity index (χ0v) is 12.5. The van der Waals surface area contributed by atoms with E-state index in [0.717, 1.165) is 4.90 Å². The number of imide groups is 1. The lowest BCUT2D eigenvalue weighted by atomic mass is 10.1. The predicted molar refractivity (Wildman–Crippen MR) is 84.9 cm³/mol. The van der Waals surface area contributed by atoms with E-state index in [2.05, 4.69) is 0 Å². The minimum absolute atomic E-state index is 0.310. The van der Waals surface area contributed by atoms with E-state index in [4.69, 9.17) is 16.3 Å². The Labute approximate surface area is 132 Å². The van der Waals surface area contributed by atoms with E-state index in [1.54, 1.807) is 30.3 Å². The number of ether oxygens (including phenoxy) is 1. The molecule has 3 rings (SSSR count). The van der Waals surface area contributed by atoms with Gasteiger partial charge in [0.2, 0.25) is 0 Å². The summed E-state index contributed by atoms with van der Waals surface area (Å²) in [6.45, 7) is 0. The molecule has 1 heterocycles. The van der Waals surface area contributed by atoms with Gasteiger partial charge in [-0.15, -0.1) is 0 Å². The molecule has 2 aromatic rings. The number of carbonyl (C=O) groups excluding carboxylic acids is 2. The van der Waals surface area contributed by atoms with Crippen LogP contribution in [-0.2, 0) is 9.59 Å². The topological polar surface area (TPSA) is 46.6 Å². The summed E-state index contributed by atoms with van der Waals surface area (Å²) < 4.78 is 5.13. The van der Waals surface area contributed by atoms with Crippen LogP contribution < -0.4 is 9.64 Å². The molecular weight excluding hydrogens is 302 g/mol. The average Bonchev–Trinajstić information content (AvgIpc) is 2.84. The number of carbonyl (C=O) groups is 2. The van der Waals surface area contributed by atoms with Crippen LogP contribution in [0.15, 0.2) is 54.6 Å². The second kappa shape index (κ2) is 5.66. The van der Waals surface area contributed by atoms with Crippen LogP contribution in [0.2, 0.25) is 5.02 Å². The van der Waals surface area contributed by atoms with Gasteiger partial charge in [-0.1, -0.05) is 41.9 Å². The van der Waals surface area contributed by atoms with Crippen LogP contribution in [0.5, 0.6) is 5.75 Å². The number of nitrogens with zero attached hydrogens (tertiary/aromatic N) is 1. The third kappa shape index (κ3) is 2.38. The molecule has 0 aliphatic carbocycles. The lowest BCUT2D eigenvalue weighted by molar-refractivity contribution is -0.119. The first-order valence-corrected chi connectivity index (χ1v) is 6.98. The molecule has 0 bridgehead atoms. The van der Waals surface area contributed by atoms with Gasteiger partial charge in [0, 0.05) is 12.1 Å². The van der Waals surface area contributed by atoms with E-state index in [9.17, 15) is 9.59 Å². The van der Waals surface area contributed by atoms with Crippen molar-refractivity contribution in [1.82, 2.24) is 0 Å². The molecule has 110 valence electrons. The Hall–Kier alpha value is -2.59. The molecule has 22 heavy (non-hydrogen) atoms. The minimum Gasteiger partial charge on any atom is -0.497 e. The molecule has 5 heteroatoms. The van der Waals surface area contributed by atoms with Crippen LogP contribution in [0.4, 0.5) is 5.69 Å². The molecule has 1 aliphatic heterocycles. The number of anilines is 1. The Balaban J connectivity index is 2.02. The highest BCUT2D eigenvalue weighted by atomic mass is 35.5. The molecule has 0 spiro atoms. The van der Waals surface area contributed by atoms with Gasteiger partial charge >= 0.3 is 0 Å². The summed E-state index contributed by atoms with van der Waals surface area (Å²) >= 11 is 6.13. The fraction of sp³-hybridized carbons (Fsp3) is 0.0588. The molecule has 2 aromatic carbocycles. The van der Waals surface area contributed by atoms with Gasteiger partial charge < -0.3 is 4.74 Å². The monoisotopic (exact) mass is 313 g/mol. The Morgan fingerprint density at radius 3 is 2.45 bits per heavy atom. The molecule has 2 amide bonds. The van der Waals surface area contributed by atoms with Crippen LogP contribution in [-0.4, -0.2) is 18.9 Å². The predicted octanol–water partition coefficient (Wildman–Crippen LogP) is 3.31. The van der Waals surface area contributed by atoms with E-state index < -0.39 is 11.8 Å². The van der Waals surface area contributed by atoms with Crippen molar-refractivity contribution in [2.24, 2.45) is 0 Å². The third-order valence-electron chi connectivity index (χ3n) is 3.40. The fourth-order valence-corrected chi connectivity index (χ4v) is 2.52. The average molecular weight is 314 g/mol. The standard InChI is InChI=1S/C17H12ClNO3/c1-22-12-7-8-14(18)15(9-12)19-16(20)10-13(17(19)21)11-5-3-2-4-6-11/h2-10H,1H3. The molecule has 0 saturated carbocycles. The molecule has 4 nitrogen and oxygen atoms in total. The van der Waals surface area contributed by atoms with Crippen molar-refractivity contribution < 1.29 is 14.3 Å². The van der Waals surface area contributed by atoms with Crippen LogP contribution in [0, 0.1) is 0 Å². The number of amides is 2. The highest BCUT2D eigenvalue weighted by Gasteiger charge is 2.34. The zero-order valence-electron chi connectivity index (χ0n) is 11.7. The van der Waals surface area contributed by atoms with Crippen LogP contribution in [0.3, 0.4) is 0 Å². The molecular formula is C17H12ClNO3. The van der Waals surface area contributed by atoms with Crippen molar-refractivity contribution in [2.45, 2.75) is 0 Å². The van der Waals surface area contributed by atoms with E-state index in [-0.39, 0.29) is 0 Å². The summed E-state index contributed by atoms with van der Waals surface area (Å²) in [6, 6.07) is 13.9. The quantitative estimate of drug-likeness (QED) is 0.817. The number of hydrogen-bond donors (Lipinski definition) is 0. The van der Waals surface area contributed by atoms with Gasteiger partial charge in [-0.25, -0.2) is 4.90 Å². The maximum Gasteiger partial charge on any atom is 0.266 e. The smallest absolute Gasteiger partial charge is 0.266 e. The molecule has 0 N–H and O–H groups in total. The molecule has 0 aromatic heterocycles. The summed E-state index contributed by atoms with van der Waals surface area (Å²) in [4.78, 5) is 25.9. The second-order valence-electron chi connectivity index (χ2n) is 4.72. The molecule has 0 radical (unpaired) electrons. The first-order chi connectivity index (χ1) is 10.6. The largest absolute Gasteiger partial charge is 0.497 e. The molecule has 0 saturated heterocycles. The van der Waals surface area contributed by atoms with Gasteiger partial charge in [0.1, 0.15) is 5.75 Å². The van der Waals surface area contributed by atoms with Gasteiger partial charge in [0.05, 0.1) is 23.4 Å². The first-order valence-electron chi connectivity index (χ1n) is 6.61. The lowest BCUT2D eigenvalue weighted by Gasteiger charge is -2.17. The Bertz CT molecular complexity index is 784. The lowest BCUT2D eigenvalue weighted by Crippen LogP contribution is -2.30. The normalized spacial score (nSPS) is 14.3. The van der Waals surface area contributed by atoms with E-state index >= 15 is 0 Å². The number of hydrogen-bond acceptors (Lipinski definition) is 3. The summed E-state index contributed by atoms with van der Waals surface area (Å²) in [6.07, 6.45) is 1.33. The van der Waals surface area contributed by atoms with Gasteiger partial charge in [-0.3, -0.25) is 9.59 Å². The summed E-state index contributed by atoms with van der Waals surface area (Å²) in [5.41, 5.74) is 1.37. The Morgan fingerprint density at radius 1 is 1.05 bits per heavy atom. The van der Waals surface area contributed by atoms with E-state index in [1.807, 2.05) is 18.2 Å². The summed E-state index contributed by atoms with van der Waals surface area (Å²) in [5, 5.41) is 0.310. The van der Waals surface area contributed by atoms with Gasteiger partial charge in [-0.2, -0.15) is 0 Å². The van der Waals surface area contributed by atoms with Gasteiger partial charge in [0.15, 0.2) is 0 Å². The molecule has 0 fully saturated rings. The van der Waals surface area contributed by atoms with Crippen LogP contribution >= 0.6 is 11.6 Å². The van der Waals surface area contributed by atoms with Crippen molar-refractivity contribution in [3.05, 3.63) is 65.2 Å². The first kappa shape index (κ1) is 14.4. The summed E-state index contributed by atoms with van der Waals surface area (Å²) in [5.74, 6) is -0.293. The SMILES string of the molecule is COc1ccc(Cl)c(N2C(=O)C=C(c3ccccc3)C2=O)c1. The number of methoxy groups -OCH3 is 1. The third-order valence-corrected chi connectivity index (χ3v) is 3.72. The molecule has 1 aliphatic rings. The summed E-state index contributed by atoms with van der Waals surface area (Å²) in [7, 11) is 1.51. The van der Waals surface area contributed by atoms with Crippen molar-refractivity contribution in [1.29, 1.82) is 0 Å². The fourth-order valence-electron chi connectivity index (χ4n) is 2.31. The number of halogens is 1. The zero-order chi connectivity index (χ0) is 15.7. The Kier molecular flexibility index (Phi) is 3.69. The second-order valence-corrected chi connectivity index (χ2v) is 5.13. The van der Waals surface area contributed by atoms with Crippen LogP contribution in [0.1, 0.15) is 5.56 Å². The van der Waals surface area contributed by atoms with Crippen molar-refractivity contribution >= 4 is 34.7 Å². The van der Waals surface area contributed by atoms with Crippen molar-refractivity contribution in [2.75, 3.05) is 12.0 Å². The van der Waals surface area contributed by atoms with Gasteiger partial charge in [0.25, 0.3) is 11.8 Å². The Morgan fingerprint density at radius 2 is 1.77 bits per heavy atom. The maximum atomic E-state index is 12.6. The maximum absolute atomic E-state index is 12.6. The van der Waals surface area contributed by atoms with Gasteiger partial charge in [-0.05, 0) is 17.7 Å². The van der Waals surface area contributed by atoms with E-state index in [0.29, 0.717) is 27.6 Å². The highest BCUT2D eigenvalue weighted by Crippen LogP contribution is 2.35. The number of benzene rings is 2. The van der Waals surface area contributed by atoms with Crippen molar-refractivity contribution in [3.63, 3.8) is 0 Å². The molecule has 0 unspecified atom stereocenters.